The van der Waals surface area contributed by atoms with E-state index in [2.05, 4.69) is 19.9 Å². The van der Waals surface area contributed by atoms with Gasteiger partial charge in [0.2, 0.25) is 0 Å². The monoisotopic (exact) mass is 395 g/mol. The highest BCUT2D eigenvalue weighted by atomic mass is 19.4. The van der Waals surface area contributed by atoms with Gasteiger partial charge >= 0.3 is 18.1 Å². The Kier molecular flexibility index (Phi) is 10.6. The number of amides is 1. The van der Waals surface area contributed by atoms with Gasteiger partial charge < -0.3 is 20.5 Å². The number of alkyl halides is 3. The van der Waals surface area contributed by atoms with Gasteiger partial charge in [0.25, 0.3) is 5.91 Å². The van der Waals surface area contributed by atoms with E-state index in [-0.39, 0.29) is 5.91 Å². The van der Waals surface area contributed by atoms with Crippen LogP contribution in [0.15, 0.2) is 18.5 Å². The molecule has 3 N–H and O–H groups in total. The second-order valence-electron chi connectivity index (χ2n) is 4.95. The fourth-order valence-corrected chi connectivity index (χ4v) is 1.57. The summed E-state index contributed by atoms with van der Waals surface area (Å²) < 4.78 is 42.4. The number of carbonyl (C=O) groups excluding carboxylic acids is 3. The van der Waals surface area contributed by atoms with E-state index in [1.54, 1.807) is 16.9 Å². The van der Waals surface area contributed by atoms with Crippen molar-refractivity contribution in [2.75, 3.05) is 20.8 Å². The van der Waals surface area contributed by atoms with Gasteiger partial charge in [0.1, 0.15) is 12.2 Å². The van der Waals surface area contributed by atoms with Gasteiger partial charge in [-0.05, 0) is 12.0 Å². The third-order valence-corrected chi connectivity index (χ3v) is 2.96. The smallest absolute Gasteiger partial charge is 0.468 e. The number of nitrogens with one attached hydrogen (secondary N) is 1. The number of halogens is 3. The first-order chi connectivity index (χ1) is 12.6. The van der Waals surface area contributed by atoms with Crippen LogP contribution in [0.3, 0.4) is 0 Å². The van der Waals surface area contributed by atoms with Gasteiger partial charge in [0.15, 0.2) is 12.7 Å². The van der Waals surface area contributed by atoms with E-state index in [9.17, 15) is 27.6 Å². The molecule has 1 aromatic heterocycles. The average Bonchev–Trinajstić information content (AvgIpc) is 2.65. The normalized spacial score (nSPS) is 11.5. The molecular weight excluding hydrogens is 373 g/mol. The Balaban J connectivity index is 0.000000713. The van der Waals surface area contributed by atoms with E-state index in [0.29, 0.717) is 32.2 Å². The van der Waals surface area contributed by atoms with E-state index in [1.165, 1.54) is 13.3 Å². The summed E-state index contributed by atoms with van der Waals surface area (Å²) >= 11 is 0. The van der Waals surface area contributed by atoms with Gasteiger partial charge in [0, 0.05) is 19.0 Å². The molecule has 0 spiro atoms. The van der Waals surface area contributed by atoms with Crippen molar-refractivity contribution < 1.29 is 41.7 Å². The summed E-state index contributed by atoms with van der Waals surface area (Å²) in [5.74, 6) is -2.77. The summed E-state index contributed by atoms with van der Waals surface area (Å²) in [5, 5.41) is 6.77. The van der Waals surface area contributed by atoms with Crippen LogP contribution in [0, 0.1) is 0 Å². The van der Waals surface area contributed by atoms with Crippen LogP contribution in [0.2, 0.25) is 0 Å². The van der Waals surface area contributed by atoms with E-state index in [4.69, 9.17) is 5.73 Å². The fourth-order valence-electron chi connectivity index (χ4n) is 1.57. The molecule has 1 amide bonds. The van der Waals surface area contributed by atoms with Crippen LogP contribution in [-0.2, 0) is 25.6 Å². The summed E-state index contributed by atoms with van der Waals surface area (Å²) in [6.07, 6.45) is -1.27. The van der Waals surface area contributed by atoms with Gasteiger partial charge in [-0.2, -0.15) is 13.2 Å². The molecule has 1 atom stereocenters. The number of nitrogens with two attached hydrogens (primary N) is 1. The van der Waals surface area contributed by atoms with Crippen molar-refractivity contribution >= 4 is 17.8 Å². The summed E-state index contributed by atoms with van der Waals surface area (Å²) in [6, 6.07) is 1.00. The molecule has 1 unspecified atom stereocenters. The molecule has 1 heterocycles. The minimum atomic E-state index is -4.85. The summed E-state index contributed by atoms with van der Waals surface area (Å²) in [7, 11) is 1.98. The highest BCUT2D eigenvalue weighted by Crippen LogP contribution is 2.15. The van der Waals surface area contributed by atoms with Crippen LogP contribution in [0.1, 0.15) is 23.7 Å². The lowest BCUT2D eigenvalue weighted by atomic mass is 10.2. The van der Waals surface area contributed by atoms with Crippen molar-refractivity contribution in [3.05, 3.63) is 24.0 Å². The molecule has 0 aliphatic heterocycles. The van der Waals surface area contributed by atoms with E-state index < -0.39 is 24.2 Å². The van der Waals surface area contributed by atoms with E-state index >= 15 is 0 Å². The predicted molar refractivity (Wildman–Crippen MR) is 85.1 cm³/mol. The standard InChI is InChI=1S/C12H18N4O3.C3H3F3O2/c1-3-14-11(17)9-4-6-16(15-8-9)7-5-10(13)12(18)19-2;1-8-2(7)3(4,5)6/h4,6,8,10H,3,5,7,13H2,1-2H3;1H3/p+1. The third kappa shape index (κ3) is 9.49. The van der Waals surface area contributed by atoms with Crippen molar-refractivity contribution in [1.29, 1.82) is 0 Å². The SMILES string of the molecule is CCNC(=O)c1cc[n+](CCC(N)C(=O)OC)nc1.COC(=O)C(F)(F)F. The molecule has 0 fully saturated rings. The van der Waals surface area contributed by atoms with Crippen LogP contribution in [0.5, 0.6) is 0 Å². The zero-order valence-electron chi connectivity index (χ0n) is 15.1. The minimum Gasteiger partial charge on any atom is -0.468 e. The number of aromatic nitrogens is 2. The van der Waals surface area contributed by atoms with Crippen LogP contribution in [0.25, 0.3) is 0 Å². The molecule has 0 aliphatic rings. The fraction of sp³-hybridized carbons (Fsp3) is 0.533. The highest BCUT2D eigenvalue weighted by molar-refractivity contribution is 5.93. The van der Waals surface area contributed by atoms with Gasteiger partial charge in [-0.15, -0.1) is 0 Å². The first-order valence-electron chi connectivity index (χ1n) is 7.69. The van der Waals surface area contributed by atoms with Crippen molar-refractivity contribution in [1.82, 2.24) is 10.4 Å². The summed E-state index contributed by atoms with van der Waals surface area (Å²) in [6.45, 7) is 2.90. The number of nitrogens with zero attached hydrogens (tertiary/aromatic N) is 2. The molecular formula is C15H22F3N4O5+. The van der Waals surface area contributed by atoms with Gasteiger partial charge in [-0.25, -0.2) is 4.79 Å². The quantitative estimate of drug-likeness (QED) is 0.502. The molecule has 0 saturated heterocycles. The first-order valence-corrected chi connectivity index (χ1v) is 7.69. The summed E-state index contributed by atoms with van der Waals surface area (Å²) in [5.41, 5.74) is 6.11. The average molecular weight is 395 g/mol. The molecule has 0 radical (unpaired) electrons. The van der Waals surface area contributed by atoms with Crippen molar-refractivity contribution in [3.63, 3.8) is 0 Å². The highest BCUT2D eigenvalue weighted by Gasteiger charge is 2.40. The van der Waals surface area contributed by atoms with Gasteiger partial charge in [-0.1, -0.05) is 4.68 Å². The Bertz CT molecular complexity index is 623. The number of hydrogen-bond donors (Lipinski definition) is 2. The maximum atomic E-state index is 11.5. The number of ether oxygens (including phenoxy) is 2. The first kappa shape index (κ1) is 24.2. The molecule has 0 saturated carbocycles. The number of carbonyl (C=O) groups is 3. The number of rotatable bonds is 6. The molecule has 12 heteroatoms. The number of hydrogen-bond acceptors (Lipinski definition) is 7. The lowest BCUT2D eigenvalue weighted by molar-refractivity contribution is -0.754. The molecule has 0 aliphatic carbocycles. The minimum absolute atomic E-state index is 0.159. The maximum Gasteiger partial charge on any atom is 0.490 e. The van der Waals surface area contributed by atoms with E-state index in [1.807, 2.05) is 6.92 Å². The second-order valence-corrected chi connectivity index (χ2v) is 4.95. The van der Waals surface area contributed by atoms with Gasteiger partial charge in [0.05, 0.1) is 19.8 Å². The molecule has 152 valence electrons. The largest absolute Gasteiger partial charge is 0.490 e. The van der Waals surface area contributed by atoms with Crippen molar-refractivity contribution in [3.8, 4) is 0 Å². The Labute approximate surface area is 153 Å². The van der Waals surface area contributed by atoms with Gasteiger partial charge in [-0.3, -0.25) is 9.59 Å². The lowest BCUT2D eigenvalue weighted by Crippen LogP contribution is -2.42. The van der Waals surface area contributed by atoms with Crippen molar-refractivity contribution in [2.24, 2.45) is 5.73 Å². The van der Waals surface area contributed by atoms with Crippen LogP contribution in [-0.4, -0.2) is 55.9 Å². The van der Waals surface area contributed by atoms with Crippen LogP contribution in [0.4, 0.5) is 13.2 Å². The summed E-state index contributed by atoms with van der Waals surface area (Å²) in [4.78, 5) is 32.1. The number of methoxy groups -OCH3 is 2. The molecule has 1 aromatic rings. The predicted octanol–water partition coefficient (Wildman–Crippen LogP) is -0.269. The maximum absolute atomic E-state index is 11.5. The lowest BCUT2D eigenvalue weighted by Gasteiger charge is -2.05. The second kappa shape index (κ2) is 11.8. The number of aryl methyl sites for hydroxylation is 1. The third-order valence-electron chi connectivity index (χ3n) is 2.96. The molecule has 1 rings (SSSR count). The molecule has 9 nitrogen and oxygen atoms in total. The zero-order valence-corrected chi connectivity index (χ0v) is 15.1. The Morgan fingerprint density at radius 2 is 1.93 bits per heavy atom. The van der Waals surface area contributed by atoms with Crippen molar-refractivity contribution in [2.45, 2.75) is 32.1 Å². The Hall–Kier alpha value is -2.76. The van der Waals surface area contributed by atoms with Crippen LogP contribution >= 0.6 is 0 Å². The molecule has 0 aromatic carbocycles. The Morgan fingerprint density at radius 1 is 1.30 bits per heavy atom. The molecule has 0 bridgehead atoms. The molecule has 27 heavy (non-hydrogen) atoms. The van der Waals surface area contributed by atoms with E-state index in [0.717, 1.165) is 0 Å². The number of esters is 2. The Morgan fingerprint density at radius 3 is 2.30 bits per heavy atom. The van der Waals surface area contributed by atoms with Crippen LogP contribution < -0.4 is 15.7 Å². The topological polar surface area (TPSA) is 124 Å². The zero-order chi connectivity index (χ0) is 21.0.